The molecular weight excluding hydrogens is 588 g/mol. The van der Waals surface area contributed by atoms with E-state index in [9.17, 15) is 9.59 Å². The molecule has 2 N–H and O–H groups in total. The van der Waals surface area contributed by atoms with Crippen molar-refractivity contribution < 1.29 is 14.3 Å². The number of hydrogen-bond donors (Lipinski definition) is 2. The van der Waals surface area contributed by atoms with E-state index in [1.54, 1.807) is 15.8 Å². The van der Waals surface area contributed by atoms with Crippen LogP contribution in [0.3, 0.4) is 0 Å². The van der Waals surface area contributed by atoms with Gasteiger partial charge in [0.15, 0.2) is 5.13 Å². The molecule has 3 aromatic heterocycles. The van der Waals surface area contributed by atoms with Crippen LogP contribution in [-0.4, -0.2) is 43.2 Å². The fourth-order valence-electron chi connectivity index (χ4n) is 4.86. The van der Waals surface area contributed by atoms with Crippen LogP contribution >= 0.6 is 11.3 Å². The molecule has 1 saturated heterocycles. The van der Waals surface area contributed by atoms with Crippen LogP contribution in [0.2, 0.25) is 0 Å². The van der Waals surface area contributed by atoms with Crippen molar-refractivity contribution in [1.29, 1.82) is 0 Å². The Labute approximate surface area is 265 Å². The summed E-state index contributed by atoms with van der Waals surface area (Å²) in [7, 11) is 0. The number of amides is 3. The first-order valence-electron chi connectivity index (χ1n) is 14.8. The van der Waals surface area contributed by atoms with Gasteiger partial charge in [0.1, 0.15) is 11.6 Å². The second-order valence-electron chi connectivity index (χ2n) is 11.8. The van der Waals surface area contributed by atoms with Gasteiger partial charge in [-0.1, -0.05) is 50.3 Å². The number of carbonyl (C=O) groups excluding carboxylic acids is 2. The maximum atomic E-state index is 13.0. The Bertz CT molecular complexity index is 1820. The van der Waals surface area contributed by atoms with Crippen LogP contribution in [0.4, 0.5) is 21.4 Å². The molecule has 1 fully saturated rings. The molecule has 45 heavy (non-hydrogen) atoms. The monoisotopic (exact) mass is 622 g/mol. The van der Waals surface area contributed by atoms with Gasteiger partial charge in [0.25, 0.3) is 0 Å². The average Bonchev–Trinajstić information content (AvgIpc) is 3.67. The van der Waals surface area contributed by atoms with Crippen LogP contribution < -0.4 is 20.3 Å². The fraction of sp³-hybridized carbons (Fsp3) is 0.273. The Morgan fingerprint density at radius 3 is 2.42 bits per heavy atom. The molecule has 0 spiro atoms. The highest BCUT2D eigenvalue weighted by Gasteiger charge is 2.23. The first kappa shape index (κ1) is 29.9. The number of hydrogen-bond acceptors (Lipinski definition) is 8. The number of benzene rings is 2. The zero-order valence-electron chi connectivity index (χ0n) is 25.6. The van der Waals surface area contributed by atoms with Crippen molar-refractivity contribution in [2.75, 3.05) is 22.1 Å². The van der Waals surface area contributed by atoms with Crippen LogP contribution in [0.15, 0.2) is 73.2 Å². The molecule has 5 aromatic rings. The van der Waals surface area contributed by atoms with Gasteiger partial charge >= 0.3 is 12.0 Å². The normalized spacial score (nSPS) is 13.5. The first-order valence-corrected chi connectivity index (χ1v) is 15.6. The third-order valence-corrected chi connectivity index (χ3v) is 8.41. The van der Waals surface area contributed by atoms with Crippen LogP contribution in [0.1, 0.15) is 51.3 Å². The van der Waals surface area contributed by atoms with Crippen molar-refractivity contribution >= 4 is 39.9 Å². The van der Waals surface area contributed by atoms with E-state index < -0.39 is 6.03 Å². The van der Waals surface area contributed by atoms with Crippen LogP contribution in [-0.2, 0) is 10.2 Å². The van der Waals surface area contributed by atoms with Crippen molar-refractivity contribution in [1.82, 2.24) is 24.7 Å². The molecule has 0 radical (unpaired) electrons. The van der Waals surface area contributed by atoms with Gasteiger partial charge in [0.05, 0.1) is 34.3 Å². The topological polar surface area (TPSA) is 127 Å². The molecule has 0 aliphatic carbocycles. The second-order valence-corrected chi connectivity index (χ2v) is 12.8. The van der Waals surface area contributed by atoms with E-state index in [-0.39, 0.29) is 17.3 Å². The van der Waals surface area contributed by atoms with E-state index >= 15 is 0 Å². The predicted octanol–water partition coefficient (Wildman–Crippen LogP) is 7.34. The van der Waals surface area contributed by atoms with E-state index in [0.29, 0.717) is 23.7 Å². The lowest BCUT2D eigenvalue weighted by Crippen LogP contribution is -2.34. The van der Waals surface area contributed by atoms with E-state index in [2.05, 4.69) is 46.4 Å². The summed E-state index contributed by atoms with van der Waals surface area (Å²) < 4.78 is 7.57. The zero-order chi connectivity index (χ0) is 31.6. The Balaban J connectivity index is 1.08. The SMILES string of the molecule is Cc1ccccc1-n1nc(C(C)(C)C)cc1NC(=O)Nc1cnc(Oc2ccc(-c3cnc(N4CCCCC4=O)s3)cc2)nc1. The summed E-state index contributed by atoms with van der Waals surface area (Å²) in [5, 5.41) is 11.2. The van der Waals surface area contributed by atoms with Gasteiger partial charge in [-0.15, -0.1) is 0 Å². The highest BCUT2D eigenvalue weighted by atomic mass is 32.1. The molecule has 4 heterocycles. The van der Waals surface area contributed by atoms with Crippen molar-refractivity contribution in [2.45, 2.75) is 52.4 Å². The van der Waals surface area contributed by atoms with E-state index in [1.807, 2.05) is 61.5 Å². The summed E-state index contributed by atoms with van der Waals surface area (Å²) >= 11 is 1.50. The molecule has 230 valence electrons. The summed E-state index contributed by atoms with van der Waals surface area (Å²) in [6, 6.07) is 17.0. The minimum absolute atomic E-state index is 0.132. The van der Waals surface area contributed by atoms with Gasteiger partial charge < -0.3 is 10.1 Å². The number of piperidine rings is 1. The molecule has 2 aromatic carbocycles. The summed E-state index contributed by atoms with van der Waals surface area (Å²) in [5.74, 6) is 1.24. The van der Waals surface area contributed by atoms with Gasteiger partial charge in [-0.2, -0.15) is 5.10 Å². The molecule has 1 aliphatic heterocycles. The maximum Gasteiger partial charge on any atom is 0.324 e. The average molecular weight is 623 g/mol. The molecule has 12 heteroatoms. The van der Waals surface area contributed by atoms with Crippen LogP contribution in [0.25, 0.3) is 16.1 Å². The Morgan fingerprint density at radius 1 is 0.956 bits per heavy atom. The summed E-state index contributed by atoms with van der Waals surface area (Å²) in [6.07, 6.45) is 7.27. The van der Waals surface area contributed by atoms with E-state index in [1.165, 1.54) is 23.7 Å². The number of carbonyl (C=O) groups is 2. The number of ether oxygens (including phenoxy) is 1. The van der Waals surface area contributed by atoms with Gasteiger partial charge in [0.2, 0.25) is 5.91 Å². The lowest BCUT2D eigenvalue weighted by atomic mass is 9.92. The quantitative estimate of drug-likeness (QED) is 0.194. The molecular formula is C33H34N8O3S. The van der Waals surface area contributed by atoms with Gasteiger partial charge in [-0.3, -0.25) is 15.0 Å². The van der Waals surface area contributed by atoms with Crippen molar-refractivity contribution in [3.63, 3.8) is 0 Å². The number of aromatic nitrogens is 5. The predicted molar refractivity (Wildman–Crippen MR) is 176 cm³/mol. The number of aryl methyl sites for hydroxylation is 1. The largest absolute Gasteiger partial charge is 0.424 e. The fourth-order valence-corrected chi connectivity index (χ4v) is 5.82. The lowest BCUT2D eigenvalue weighted by molar-refractivity contribution is -0.119. The number of anilines is 3. The highest BCUT2D eigenvalue weighted by molar-refractivity contribution is 7.19. The van der Waals surface area contributed by atoms with Crippen LogP contribution in [0, 0.1) is 6.92 Å². The molecule has 0 saturated carbocycles. The maximum absolute atomic E-state index is 13.0. The van der Waals surface area contributed by atoms with Gasteiger partial charge in [-0.05, 0) is 61.2 Å². The van der Waals surface area contributed by atoms with E-state index in [0.717, 1.165) is 51.9 Å². The third kappa shape index (κ3) is 6.86. The number of nitrogens with one attached hydrogen (secondary N) is 2. The molecule has 3 amide bonds. The van der Waals surface area contributed by atoms with E-state index in [4.69, 9.17) is 9.84 Å². The van der Waals surface area contributed by atoms with Crippen molar-refractivity contribution in [3.8, 4) is 27.9 Å². The molecule has 0 bridgehead atoms. The molecule has 0 unspecified atom stereocenters. The minimum Gasteiger partial charge on any atom is -0.424 e. The Morgan fingerprint density at radius 2 is 1.71 bits per heavy atom. The Hall–Kier alpha value is -5.10. The summed E-state index contributed by atoms with van der Waals surface area (Å²) in [5.41, 5.74) is 3.94. The second kappa shape index (κ2) is 12.5. The van der Waals surface area contributed by atoms with Crippen molar-refractivity contribution in [2.24, 2.45) is 0 Å². The number of rotatable bonds is 7. The summed E-state index contributed by atoms with van der Waals surface area (Å²) in [4.78, 5) is 40.9. The number of urea groups is 1. The zero-order valence-corrected chi connectivity index (χ0v) is 26.4. The lowest BCUT2D eigenvalue weighted by Gasteiger charge is -2.23. The van der Waals surface area contributed by atoms with Gasteiger partial charge in [-0.25, -0.2) is 24.4 Å². The minimum atomic E-state index is -0.450. The third-order valence-electron chi connectivity index (χ3n) is 7.34. The Kier molecular flexibility index (Phi) is 8.31. The number of thiazole rings is 1. The molecule has 6 rings (SSSR count). The molecule has 0 atom stereocenters. The first-order chi connectivity index (χ1) is 21.6. The molecule has 11 nitrogen and oxygen atoms in total. The summed E-state index contributed by atoms with van der Waals surface area (Å²) in [6.45, 7) is 8.95. The standard InChI is InChI=1S/C33H34N8O3S/c1-21-9-5-6-10-25(21)41-28(17-27(39-41)33(2,3)4)38-30(43)37-23-18-34-31(35-19-23)44-24-14-12-22(13-15-24)26-20-36-32(45-26)40-16-8-7-11-29(40)42/h5-6,9-10,12-15,17-20H,7-8,11,16H2,1-4H3,(H2,37,38,43). The number of nitrogens with zero attached hydrogens (tertiary/aromatic N) is 6. The molecule has 1 aliphatic rings. The van der Waals surface area contributed by atoms with Crippen LogP contribution in [0.5, 0.6) is 11.8 Å². The van der Waals surface area contributed by atoms with Crippen molar-refractivity contribution in [3.05, 3.63) is 84.4 Å². The highest BCUT2D eigenvalue weighted by Crippen LogP contribution is 2.34. The number of para-hydroxylation sites is 1. The smallest absolute Gasteiger partial charge is 0.324 e. The van der Waals surface area contributed by atoms with Gasteiger partial charge in [0, 0.05) is 30.6 Å².